The van der Waals surface area contributed by atoms with E-state index in [2.05, 4.69) is 25.1 Å². The number of amides is 1. The van der Waals surface area contributed by atoms with Crippen LogP contribution in [0.15, 0.2) is 16.8 Å². The second-order valence-electron chi connectivity index (χ2n) is 9.02. The zero-order valence-corrected chi connectivity index (χ0v) is 17.0. The van der Waals surface area contributed by atoms with E-state index in [1.807, 2.05) is 11.8 Å². The fraction of sp³-hybridized carbons (Fsp3) is 0.667. The van der Waals surface area contributed by atoms with Crippen molar-refractivity contribution in [3.63, 3.8) is 0 Å². The van der Waals surface area contributed by atoms with Gasteiger partial charge in [0.2, 0.25) is 17.7 Å². The predicted octanol–water partition coefficient (Wildman–Crippen LogP) is 2.45. The van der Waals surface area contributed by atoms with Crippen molar-refractivity contribution in [2.24, 2.45) is 5.41 Å². The van der Waals surface area contributed by atoms with E-state index in [1.54, 1.807) is 12.4 Å². The monoisotopic (exact) mass is 396 g/mol. The molecular formula is C21H28N6O2. The molecule has 8 heteroatoms. The topological polar surface area (TPSA) is 88.3 Å². The Hall–Kier alpha value is -2.35. The highest BCUT2D eigenvalue weighted by Gasteiger charge is 2.42. The molecule has 8 nitrogen and oxygen atoms in total. The molecule has 0 radical (unpaired) electrons. The molecule has 154 valence electrons. The van der Waals surface area contributed by atoms with Crippen molar-refractivity contribution < 1.29 is 9.21 Å². The molecule has 2 aromatic heterocycles. The Balaban J connectivity index is 1.24. The van der Waals surface area contributed by atoms with Gasteiger partial charge in [-0.15, -0.1) is 10.2 Å². The minimum atomic E-state index is 0.142. The zero-order chi connectivity index (χ0) is 19.8. The largest absolute Gasteiger partial charge is 0.424 e. The summed E-state index contributed by atoms with van der Waals surface area (Å²) in [5.74, 6) is 2.25. The number of carbonyl (C=O) groups is 1. The highest BCUT2D eigenvalue weighted by Crippen LogP contribution is 2.41. The van der Waals surface area contributed by atoms with Gasteiger partial charge in [-0.25, -0.2) is 0 Å². The Bertz CT molecular complexity index is 878. The third-order valence-corrected chi connectivity index (χ3v) is 6.44. The van der Waals surface area contributed by atoms with Crippen molar-refractivity contribution in [1.82, 2.24) is 30.0 Å². The quantitative estimate of drug-likeness (QED) is 0.767. The van der Waals surface area contributed by atoms with Crippen LogP contribution in [0.25, 0.3) is 0 Å². The third-order valence-electron chi connectivity index (χ3n) is 6.44. The molecule has 1 atom stereocenters. The van der Waals surface area contributed by atoms with Crippen molar-refractivity contribution in [1.29, 1.82) is 0 Å². The Morgan fingerprint density at radius 2 is 2.03 bits per heavy atom. The molecule has 0 bridgehead atoms. The predicted molar refractivity (Wildman–Crippen MR) is 105 cm³/mol. The molecule has 0 aromatic carbocycles. The molecule has 2 aromatic rings. The first-order valence-corrected chi connectivity index (χ1v) is 10.7. The van der Waals surface area contributed by atoms with E-state index < -0.39 is 0 Å². The van der Waals surface area contributed by atoms with Crippen LogP contribution in [0.2, 0.25) is 0 Å². The van der Waals surface area contributed by atoms with E-state index in [1.165, 1.54) is 12.8 Å². The second-order valence-corrected chi connectivity index (χ2v) is 9.02. The van der Waals surface area contributed by atoms with Gasteiger partial charge in [-0.05, 0) is 45.6 Å². The molecule has 29 heavy (non-hydrogen) atoms. The number of aromatic nitrogens is 4. The van der Waals surface area contributed by atoms with E-state index in [0.717, 1.165) is 62.1 Å². The number of hydrogen-bond donors (Lipinski definition) is 0. The average molecular weight is 396 g/mol. The van der Waals surface area contributed by atoms with Crippen LogP contribution in [0.1, 0.15) is 67.6 Å². The summed E-state index contributed by atoms with van der Waals surface area (Å²) in [6.07, 6.45) is 9.74. The Morgan fingerprint density at radius 1 is 1.14 bits per heavy atom. The van der Waals surface area contributed by atoms with Gasteiger partial charge >= 0.3 is 0 Å². The highest BCUT2D eigenvalue weighted by molar-refractivity contribution is 5.77. The third kappa shape index (κ3) is 4.17. The highest BCUT2D eigenvalue weighted by atomic mass is 16.4. The Morgan fingerprint density at radius 3 is 2.83 bits per heavy atom. The van der Waals surface area contributed by atoms with Gasteiger partial charge in [0.15, 0.2) is 0 Å². The van der Waals surface area contributed by atoms with E-state index in [-0.39, 0.29) is 11.3 Å². The number of hydrogen-bond acceptors (Lipinski definition) is 7. The molecular weight excluding hydrogens is 368 g/mol. The van der Waals surface area contributed by atoms with E-state index in [9.17, 15) is 4.79 Å². The summed E-state index contributed by atoms with van der Waals surface area (Å²) >= 11 is 0. The number of piperidine rings is 2. The van der Waals surface area contributed by atoms with E-state index in [4.69, 9.17) is 4.42 Å². The number of carbonyl (C=O) groups excluding carboxylic acids is 1. The van der Waals surface area contributed by atoms with Gasteiger partial charge < -0.3 is 9.32 Å². The van der Waals surface area contributed by atoms with E-state index in [0.29, 0.717) is 25.4 Å². The lowest BCUT2D eigenvalue weighted by Gasteiger charge is -2.48. The second kappa shape index (κ2) is 7.48. The lowest BCUT2D eigenvalue weighted by atomic mass is 9.73. The molecule has 3 fully saturated rings. The average Bonchev–Trinajstić information content (AvgIpc) is 3.46. The first-order valence-electron chi connectivity index (χ1n) is 10.7. The van der Waals surface area contributed by atoms with Crippen molar-refractivity contribution in [3.05, 3.63) is 35.6 Å². The fourth-order valence-corrected chi connectivity index (χ4v) is 4.74. The van der Waals surface area contributed by atoms with Crippen LogP contribution >= 0.6 is 0 Å². The number of nitrogens with zero attached hydrogens (tertiary/aromatic N) is 6. The van der Waals surface area contributed by atoms with Gasteiger partial charge in [-0.2, -0.15) is 0 Å². The van der Waals surface area contributed by atoms with Crippen LogP contribution in [0.5, 0.6) is 0 Å². The van der Waals surface area contributed by atoms with Crippen molar-refractivity contribution in [3.8, 4) is 0 Å². The fourth-order valence-electron chi connectivity index (χ4n) is 4.74. The summed E-state index contributed by atoms with van der Waals surface area (Å²) < 4.78 is 5.87. The molecule has 3 aliphatic rings. The van der Waals surface area contributed by atoms with Crippen LogP contribution in [0.4, 0.5) is 0 Å². The summed E-state index contributed by atoms with van der Waals surface area (Å²) in [6, 6.07) is 0. The molecule has 2 saturated heterocycles. The molecule has 1 saturated carbocycles. The minimum Gasteiger partial charge on any atom is -0.424 e. The molecule has 1 amide bonds. The normalized spacial score (nSPS) is 25.7. The van der Waals surface area contributed by atoms with Crippen LogP contribution in [0.3, 0.4) is 0 Å². The smallest absolute Gasteiger partial charge is 0.230 e. The molecule has 1 spiro atoms. The summed E-state index contributed by atoms with van der Waals surface area (Å²) in [4.78, 5) is 25.7. The minimum absolute atomic E-state index is 0.142. The standard InChI is InChI=1S/C21H28N6O2/c1-15-9-23-17(10-22-15)11-27-14-21(7-5-19(27)28)6-2-8-26(13-21)12-18-24-25-20(29-18)16-3-4-16/h9-10,16H,2-8,11-14H2,1H3/t21-/m1/s1. The molecule has 4 heterocycles. The maximum Gasteiger partial charge on any atom is 0.230 e. The van der Waals surface area contributed by atoms with Gasteiger partial charge in [0.1, 0.15) is 0 Å². The number of likely N-dealkylation sites (tertiary alicyclic amines) is 2. The number of aryl methyl sites for hydroxylation is 1. The van der Waals surface area contributed by atoms with Gasteiger partial charge in [0, 0.05) is 37.0 Å². The molecule has 0 N–H and O–H groups in total. The van der Waals surface area contributed by atoms with Gasteiger partial charge in [-0.1, -0.05) is 0 Å². The van der Waals surface area contributed by atoms with Crippen LogP contribution in [-0.4, -0.2) is 55.5 Å². The first kappa shape index (κ1) is 18.7. The summed E-state index contributed by atoms with van der Waals surface area (Å²) in [6.45, 7) is 5.97. The summed E-state index contributed by atoms with van der Waals surface area (Å²) in [7, 11) is 0. The molecule has 1 aliphatic carbocycles. The summed E-state index contributed by atoms with van der Waals surface area (Å²) in [5, 5.41) is 8.47. The van der Waals surface area contributed by atoms with Crippen LogP contribution in [0, 0.1) is 12.3 Å². The zero-order valence-electron chi connectivity index (χ0n) is 17.0. The lowest BCUT2D eigenvalue weighted by Crippen LogP contribution is -2.53. The van der Waals surface area contributed by atoms with Gasteiger partial charge in [-0.3, -0.25) is 19.7 Å². The van der Waals surface area contributed by atoms with Crippen molar-refractivity contribution in [2.45, 2.75) is 64.5 Å². The van der Waals surface area contributed by atoms with E-state index >= 15 is 0 Å². The SMILES string of the molecule is Cc1cnc(CN2C[C@]3(CCCN(Cc4nnc(C5CC5)o4)C3)CCC2=O)cn1. The number of rotatable bonds is 5. The molecule has 5 rings (SSSR count). The maximum absolute atomic E-state index is 12.6. The summed E-state index contributed by atoms with van der Waals surface area (Å²) in [5.41, 5.74) is 1.89. The van der Waals surface area contributed by atoms with Crippen molar-refractivity contribution in [2.75, 3.05) is 19.6 Å². The van der Waals surface area contributed by atoms with Crippen LogP contribution < -0.4 is 0 Å². The van der Waals surface area contributed by atoms with Crippen LogP contribution in [-0.2, 0) is 17.9 Å². The Kier molecular flexibility index (Phi) is 4.81. The van der Waals surface area contributed by atoms with Crippen molar-refractivity contribution >= 4 is 5.91 Å². The van der Waals surface area contributed by atoms with Gasteiger partial charge in [0.05, 0.1) is 30.7 Å². The lowest BCUT2D eigenvalue weighted by molar-refractivity contribution is -0.140. The van der Waals surface area contributed by atoms with Gasteiger partial charge in [0.25, 0.3) is 0 Å². The first-order chi connectivity index (χ1) is 14.1. The Labute approximate surface area is 170 Å². The molecule has 2 aliphatic heterocycles. The molecule has 0 unspecified atom stereocenters. The maximum atomic E-state index is 12.6.